The van der Waals surface area contributed by atoms with Gasteiger partial charge in [0.25, 0.3) is 0 Å². The van der Waals surface area contributed by atoms with Crippen LogP contribution < -0.4 is 5.69 Å². The average Bonchev–Trinajstić information content (AvgIpc) is 2.82. The number of methoxy groups -OCH3 is 1. The van der Waals surface area contributed by atoms with Crippen molar-refractivity contribution in [3.63, 3.8) is 0 Å². The summed E-state index contributed by atoms with van der Waals surface area (Å²) in [4.78, 5) is 40.0. The topological polar surface area (TPSA) is 102 Å². The molecule has 1 aromatic rings. The lowest BCUT2D eigenvalue weighted by atomic mass is 10.2. The van der Waals surface area contributed by atoms with Gasteiger partial charge in [-0.1, -0.05) is 0 Å². The number of aliphatic hydroxyl groups excluding tert-OH is 1. The monoisotopic (exact) mass is 281 g/mol. The fraction of sp³-hybridized carbons (Fsp3) is 0.500. The number of hydrogen-bond acceptors (Lipinski definition) is 6. The van der Waals surface area contributed by atoms with E-state index >= 15 is 0 Å². The highest BCUT2D eigenvalue weighted by Gasteiger charge is 2.39. The lowest BCUT2D eigenvalue weighted by Gasteiger charge is -2.22. The molecule has 0 bridgehead atoms. The van der Waals surface area contributed by atoms with Gasteiger partial charge in [0.1, 0.15) is 12.6 Å². The molecular formula is C12H15N3O5. The second-order valence-corrected chi connectivity index (χ2v) is 4.50. The van der Waals surface area contributed by atoms with Gasteiger partial charge in [0.2, 0.25) is 5.91 Å². The SMILES string of the molecule is COC(=O)C1CC(O)CN1C(=O)Cn1cccnc1=O. The van der Waals surface area contributed by atoms with Gasteiger partial charge in [-0.3, -0.25) is 9.36 Å². The number of aliphatic hydroxyl groups is 1. The van der Waals surface area contributed by atoms with Gasteiger partial charge < -0.3 is 14.7 Å². The normalized spacial score (nSPS) is 21.8. The highest BCUT2D eigenvalue weighted by molar-refractivity contribution is 5.85. The maximum absolute atomic E-state index is 12.2. The van der Waals surface area contributed by atoms with Crippen LogP contribution in [0.15, 0.2) is 23.3 Å². The van der Waals surface area contributed by atoms with E-state index in [1.807, 2.05) is 0 Å². The zero-order chi connectivity index (χ0) is 14.7. The van der Waals surface area contributed by atoms with Crippen molar-refractivity contribution < 1.29 is 19.4 Å². The summed E-state index contributed by atoms with van der Waals surface area (Å²) in [6.45, 7) is -0.180. The molecule has 2 unspecified atom stereocenters. The van der Waals surface area contributed by atoms with Crippen LogP contribution in [0.4, 0.5) is 0 Å². The number of hydrogen-bond donors (Lipinski definition) is 1. The molecule has 1 N–H and O–H groups in total. The summed E-state index contributed by atoms with van der Waals surface area (Å²) in [5, 5.41) is 9.60. The highest BCUT2D eigenvalue weighted by Crippen LogP contribution is 2.19. The molecule has 1 aliphatic rings. The number of amides is 1. The number of nitrogens with zero attached hydrogens (tertiary/aromatic N) is 3. The molecule has 0 aromatic carbocycles. The third kappa shape index (κ3) is 2.85. The molecule has 108 valence electrons. The molecule has 2 heterocycles. The predicted octanol–water partition coefficient (Wildman–Crippen LogP) is -1.62. The van der Waals surface area contributed by atoms with Gasteiger partial charge in [0, 0.05) is 25.4 Å². The van der Waals surface area contributed by atoms with E-state index in [1.165, 1.54) is 30.5 Å². The third-order valence-electron chi connectivity index (χ3n) is 3.16. The van der Waals surface area contributed by atoms with E-state index < -0.39 is 29.7 Å². The van der Waals surface area contributed by atoms with Crippen LogP contribution in [-0.4, -0.2) is 57.2 Å². The maximum Gasteiger partial charge on any atom is 0.347 e. The average molecular weight is 281 g/mol. The van der Waals surface area contributed by atoms with Crippen molar-refractivity contribution in [2.45, 2.75) is 25.1 Å². The number of esters is 1. The summed E-state index contributed by atoms with van der Waals surface area (Å²) in [6, 6.07) is 0.723. The van der Waals surface area contributed by atoms with E-state index in [0.29, 0.717) is 0 Å². The fourth-order valence-corrected chi connectivity index (χ4v) is 2.19. The van der Waals surface area contributed by atoms with E-state index in [1.54, 1.807) is 0 Å². The van der Waals surface area contributed by atoms with Gasteiger partial charge in [-0.05, 0) is 6.07 Å². The molecule has 1 saturated heterocycles. The molecule has 8 heteroatoms. The zero-order valence-corrected chi connectivity index (χ0v) is 10.9. The van der Waals surface area contributed by atoms with Crippen molar-refractivity contribution in [1.82, 2.24) is 14.5 Å². The molecule has 1 amide bonds. The molecule has 8 nitrogen and oxygen atoms in total. The Bertz CT molecular complexity index is 570. The Morgan fingerprint density at radius 2 is 2.30 bits per heavy atom. The minimum Gasteiger partial charge on any atom is -0.467 e. The van der Waals surface area contributed by atoms with Gasteiger partial charge in [0.15, 0.2) is 0 Å². The first-order valence-corrected chi connectivity index (χ1v) is 6.09. The van der Waals surface area contributed by atoms with Crippen molar-refractivity contribution in [2.24, 2.45) is 0 Å². The number of likely N-dealkylation sites (tertiary alicyclic amines) is 1. The molecule has 2 atom stereocenters. The number of rotatable bonds is 3. The van der Waals surface area contributed by atoms with E-state index in [9.17, 15) is 19.5 Å². The van der Waals surface area contributed by atoms with Crippen LogP contribution >= 0.6 is 0 Å². The van der Waals surface area contributed by atoms with Crippen molar-refractivity contribution in [3.8, 4) is 0 Å². The lowest BCUT2D eigenvalue weighted by molar-refractivity contribution is -0.151. The summed E-state index contributed by atoms with van der Waals surface area (Å²) in [5.41, 5.74) is -0.546. The highest BCUT2D eigenvalue weighted by atomic mass is 16.5. The fourth-order valence-electron chi connectivity index (χ4n) is 2.19. The molecule has 1 fully saturated rings. The second-order valence-electron chi connectivity index (χ2n) is 4.50. The van der Waals surface area contributed by atoms with Gasteiger partial charge >= 0.3 is 11.7 Å². The minimum atomic E-state index is -0.810. The number of ether oxygens (including phenoxy) is 1. The first-order chi connectivity index (χ1) is 9.52. The maximum atomic E-state index is 12.2. The van der Waals surface area contributed by atoms with Crippen LogP contribution in [0.1, 0.15) is 6.42 Å². The van der Waals surface area contributed by atoms with Crippen molar-refractivity contribution >= 4 is 11.9 Å². The molecule has 0 radical (unpaired) electrons. The van der Waals surface area contributed by atoms with Crippen LogP contribution in [0.2, 0.25) is 0 Å². The molecule has 0 saturated carbocycles. The summed E-state index contributed by atoms with van der Waals surface area (Å²) in [7, 11) is 1.22. The Hall–Kier alpha value is -2.22. The van der Waals surface area contributed by atoms with Crippen LogP contribution in [0.25, 0.3) is 0 Å². The van der Waals surface area contributed by atoms with Crippen LogP contribution in [0.3, 0.4) is 0 Å². The number of β-amino-alcohol motifs (C(OH)–C–C–N with tert-alkyl or cyclic N) is 1. The first kappa shape index (κ1) is 14.2. The Morgan fingerprint density at radius 3 is 2.95 bits per heavy atom. The largest absolute Gasteiger partial charge is 0.467 e. The van der Waals surface area contributed by atoms with E-state index in [-0.39, 0.29) is 19.5 Å². The standard InChI is InChI=1S/C12H15N3O5/c1-20-11(18)9-5-8(16)6-15(9)10(17)7-14-4-2-3-13-12(14)19/h2-4,8-9,16H,5-7H2,1H3. The zero-order valence-electron chi connectivity index (χ0n) is 10.9. The molecular weight excluding hydrogens is 266 g/mol. The van der Waals surface area contributed by atoms with Crippen molar-refractivity contribution in [3.05, 3.63) is 28.9 Å². The smallest absolute Gasteiger partial charge is 0.347 e. The summed E-state index contributed by atoms with van der Waals surface area (Å²) < 4.78 is 5.75. The predicted molar refractivity (Wildman–Crippen MR) is 66.6 cm³/mol. The van der Waals surface area contributed by atoms with Gasteiger partial charge in [-0.25, -0.2) is 14.6 Å². The minimum absolute atomic E-state index is 0.0492. The molecule has 0 spiro atoms. The van der Waals surface area contributed by atoms with E-state index in [0.717, 1.165) is 4.57 Å². The Kier molecular flexibility index (Phi) is 4.14. The molecule has 1 aliphatic heterocycles. The molecule has 2 rings (SSSR count). The van der Waals surface area contributed by atoms with E-state index in [4.69, 9.17) is 0 Å². The van der Waals surface area contributed by atoms with Gasteiger partial charge in [0.05, 0.1) is 13.2 Å². The number of carbonyl (C=O) groups is 2. The Morgan fingerprint density at radius 1 is 1.55 bits per heavy atom. The summed E-state index contributed by atoms with van der Waals surface area (Å²) in [6.07, 6.45) is 2.14. The van der Waals surface area contributed by atoms with Gasteiger partial charge in [-0.15, -0.1) is 0 Å². The number of aromatic nitrogens is 2. The Labute approximate surface area is 114 Å². The van der Waals surface area contributed by atoms with Crippen LogP contribution in [-0.2, 0) is 20.9 Å². The van der Waals surface area contributed by atoms with Crippen molar-refractivity contribution in [1.29, 1.82) is 0 Å². The third-order valence-corrected chi connectivity index (χ3v) is 3.16. The van der Waals surface area contributed by atoms with E-state index in [2.05, 4.69) is 9.72 Å². The Balaban J connectivity index is 2.14. The van der Waals surface area contributed by atoms with Crippen LogP contribution in [0.5, 0.6) is 0 Å². The first-order valence-electron chi connectivity index (χ1n) is 6.09. The molecule has 20 heavy (non-hydrogen) atoms. The van der Waals surface area contributed by atoms with Crippen LogP contribution in [0, 0.1) is 0 Å². The van der Waals surface area contributed by atoms with Crippen molar-refractivity contribution in [2.75, 3.05) is 13.7 Å². The molecule has 0 aliphatic carbocycles. The quantitative estimate of drug-likeness (QED) is 0.668. The van der Waals surface area contributed by atoms with Gasteiger partial charge in [-0.2, -0.15) is 0 Å². The molecule has 1 aromatic heterocycles. The summed E-state index contributed by atoms with van der Waals surface area (Å²) >= 11 is 0. The lowest BCUT2D eigenvalue weighted by Crippen LogP contribution is -2.44. The second kappa shape index (κ2) is 5.83. The number of carbonyl (C=O) groups excluding carboxylic acids is 2. The summed E-state index contributed by atoms with van der Waals surface area (Å²) in [5.74, 6) is -1.01.